The second-order valence-electron chi connectivity index (χ2n) is 5.66. The lowest BCUT2D eigenvalue weighted by atomic mass is 10.2. The molecule has 1 aromatic carbocycles. The van der Waals surface area contributed by atoms with E-state index in [0.717, 1.165) is 0 Å². The number of para-hydroxylation sites is 1. The zero-order valence-corrected chi connectivity index (χ0v) is 13.7. The maximum atomic E-state index is 13.7. The topological polar surface area (TPSA) is 85.3 Å². The molecule has 0 saturated carbocycles. The number of hydrogen-bond donors (Lipinski definition) is 1. The van der Waals surface area contributed by atoms with Gasteiger partial charge in [-0.15, -0.1) is 0 Å². The van der Waals surface area contributed by atoms with Crippen molar-refractivity contribution in [1.82, 2.24) is 19.5 Å². The van der Waals surface area contributed by atoms with E-state index in [1.54, 1.807) is 6.07 Å². The van der Waals surface area contributed by atoms with E-state index in [1.807, 2.05) is 0 Å². The Bertz CT molecular complexity index is 1180. The van der Waals surface area contributed by atoms with E-state index in [2.05, 4.69) is 25.0 Å². The molecular weight excluding hydrogens is 382 g/mol. The largest absolute Gasteiger partial charge is 0.471 e. The molecule has 7 nitrogen and oxygen atoms in total. The highest BCUT2D eigenvalue weighted by Gasteiger charge is 2.38. The molecule has 0 aliphatic heterocycles. The van der Waals surface area contributed by atoms with Gasteiger partial charge in [0.2, 0.25) is 5.82 Å². The molecule has 3 heterocycles. The highest BCUT2D eigenvalue weighted by atomic mass is 19.4. The lowest BCUT2D eigenvalue weighted by molar-refractivity contribution is -0.159. The third kappa shape index (κ3) is 3.29. The Kier molecular flexibility index (Phi) is 4.06. The summed E-state index contributed by atoms with van der Waals surface area (Å²) in [7, 11) is 0. The SMILES string of the molecule is O=C(Nc1ccccc1F)c1cn2ccc(-c3noc(C(F)(F)F)n3)cc2n1. The molecule has 28 heavy (non-hydrogen) atoms. The molecule has 0 atom stereocenters. The first-order valence-corrected chi connectivity index (χ1v) is 7.77. The normalized spacial score (nSPS) is 11.7. The quantitative estimate of drug-likeness (QED) is 0.537. The molecule has 0 bridgehead atoms. The number of fused-ring (bicyclic) bond motifs is 1. The molecule has 0 aliphatic rings. The van der Waals surface area contributed by atoms with Crippen LogP contribution >= 0.6 is 0 Å². The molecular formula is C17H9F4N5O2. The number of nitrogens with one attached hydrogen (secondary N) is 1. The van der Waals surface area contributed by atoms with E-state index in [9.17, 15) is 22.4 Å². The number of imidazole rings is 1. The molecule has 11 heteroatoms. The van der Waals surface area contributed by atoms with Gasteiger partial charge in [-0.1, -0.05) is 17.3 Å². The monoisotopic (exact) mass is 391 g/mol. The number of hydrogen-bond acceptors (Lipinski definition) is 5. The van der Waals surface area contributed by atoms with Crippen LogP contribution in [0.5, 0.6) is 0 Å². The maximum absolute atomic E-state index is 13.7. The number of pyridine rings is 1. The lowest BCUT2D eigenvalue weighted by Crippen LogP contribution is -2.13. The fourth-order valence-corrected chi connectivity index (χ4v) is 2.44. The van der Waals surface area contributed by atoms with E-state index >= 15 is 0 Å². The second kappa shape index (κ2) is 6.44. The summed E-state index contributed by atoms with van der Waals surface area (Å²) in [5.74, 6) is -2.97. The minimum atomic E-state index is -4.75. The fourth-order valence-electron chi connectivity index (χ4n) is 2.44. The molecule has 4 rings (SSSR count). The summed E-state index contributed by atoms with van der Waals surface area (Å²) in [5.41, 5.74) is 0.467. The summed E-state index contributed by atoms with van der Waals surface area (Å²) >= 11 is 0. The number of rotatable bonds is 3. The summed E-state index contributed by atoms with van der Waals surface area (Å²) < 4.78 is 57.1. The fraction of sp³-hybridized carbons (Fsp3) is 0.0588. The van der Waals surface area contributed by atoms with Gasteiger partial charge in [0.05, 0.1) is 5.69 Å². The van der Waals surface area contributed by atoms with Gasteiger partial charge in [0.15, 0.2) is 0 Å². The predicted octanol–water partition coefficient (Wildman–Crippen LogP) is 3.79. The Morgan fingerprint density at radius 1 is 1.14 bits per heavy atom. The number of benzene rings is 1. The number of nitrogens with zero attached hydrogens (tertiary/aromatic N) is 4. The van der Waals surface area contributed by atoms with Gasteiger partial charge in [0.25, 0.3) is 5.91 Å². The number of anilines is 1. The molecule has 3 aromatic heterocycles. The molecule has 1 amide bonds. The van der Waals surface area contributed by atoms with Crippen molar-refractivity contribution in [3.8, 4) is 11.4 Å². The molecule has 142 valence electrons. The van der Waals surface area contributed by atoms with Crippen LogP contribution in [0.4, 0.5) is 23.2 Å². The number of aromatic nitrogens is 4. The molecule has 0 unspecified atom stereocenters. The van der Waals surface area contributed by atoms with Crippen molar-refractivity contribution in [3.63, 3.8) is 0 Å². The van der Waals surface area contributed by atoms with Crippen LogP contribution in [0.15, 0.2) is 53.3 Å². The van der Waals surface area contributed by atoms with Crippen LogP contribution in [-0.4, -0.2) is 25.4 Å². The van der Waals surface area contributed by atoms with Crippen molar-refractivity contribution in [1.29, 1.82) is 0 Å². The van der Waals surface area contributed by atoms with Gasteiger partial charge in [-0.3, -0.25) is 4.79 Å². The van der Waals surface area contributed by atoms with Crippen molar-refractivity contribution >= 4 is 17.2 Å². The Morgan fingerprint density at radius 2 is 1.93 bits per heavy atom. The van der Waals surface area contributed by atoms with E-state index in [1.165, 1.54) is 47.1 Å². The average Bonchev–Trinajstić information content (AvgIpc) is 3.29. The van der Waals surface area contributed by atoms with E-state index in [4.69, 9.17) is 0 Å². The van der Waals surface area contributed by atoms with Crippen molar-refractivity contribution in [3.05, 3.63) is 66.2 Å². The molecule has 0 fully saturated rings. The highest BCUT2D eigenvalue weighted by Crippen LogP contribution is 2.29. The van der Waals surface area contributed by atoms with E-state index in [-0.39, 0.29) is 28.4 Å². The predicted molar refractivity (Wildman–Crippen MR) is 87.8 cm³/mol. The first-order valence-electron chi connectivity index (χ1n) is 7.77. The Hall–Kier alpha value is -3.76. The first kappa shape index (κ1) is 17.6. The Balaban J connectivity index is 1.62. The molecule has 0 aliphatic carbocycles. The molecule has 4 aromatic rings. The third-order valence-corrected chi connectivity index (χ3v) is 3.74. The number of alkyl halides is 3. The Labute approximate surface area is 153 Å². The zero-order valence-electron chi connectivity index (χ0n) is 13.7. The van der Waals surface area contributed by atoms with E-state index < -0.39 is 23.8 Å². The van der Waals surface area contributed by atoms with Gasteiger partial charge in [0, 0.05) is 18.0 Å². The summed E-state index contributed by atoms with van der Waals surface area (Å²) in [6.07, 6.45) is -1.88. The number of halogens is 4. The minimum Gasteiger partial charge on any atom is -0.329 e. The van der Waals surface area contributed by atoms with Crippen LogP contribution < -0.4 is 5.32 Å². The van der Waals surface area contributed by atoms with Crippen LogP contribution in [0.2, 0.25) is 0 Å². The average molecular weight is 391 g/mol. The smallest absolute Gasteiger partial charge is 0.329 e. The number of carbonyl (C=O) groups is 1. The van der Waals surface area contributed by atoms with Crippen LogP contribution in [0, 0.1) is 5.82 Å². The maximum Gasteiger partial charge on any atom is 0.471 e. The van der Waals surface area contributed by atoms with Gasteiger partial charge in [0.1, 0.15) is 17.2 Å². The summed E-state index contributed by atoms with van der Waals surface area (Å²) in [4.78, 5) is 19.7. The molecule has 1 N–H and O–H groups in total. The second-order valence-corrected chi connectivity index (χ2v) is 5.66. The van der Waals surface area contributed by atoms with Gasteiger partial charge >= 0.3 is 12.1 Å². The van der Waals surface area contributed by atoms with E-state index in [0.29, 0.717) is 0 Å². The molecule has 0 saturated heterocycles. The molecule has 0 radical (unpaired) electrons. The summed E-state index contributed by atoms with van der Waals surface area (Å²) in [6, 6.07) is 8.48. The lowest BCUT2D eigenvalue weighted by Gasteiger charge is -2.03. The van der Waals surface area contributed by atoms with Crippen LogP contribution in [0.3, 0.4) is 0 Å². The van der Waals surface area contributed by atoms with Gasteiger partial charge in [-0.05, 0) is 24.3 Å². The number of amides is 1. The highest BCUT2D eigenvalue weighted by molar-refractivity contribution is 6.03. The molecule has 0 spiro atoms. The van der Waals surface area contributed by atoms with Gasteiger partial charge in [-0.25, -0.2) is 9.37 Å². The van der Waals surface area contributed by atoms with Crippen molar-refractivity contribution < 1.29 is 26.9 Å². The van der Waals surface area contributed by atoms with Gasteiger partial charge in [-0.2, -0.15) is 18.2 Å². The standard InChI is InChI=1S/C17H9F4N5O2/c18-10-3-1-2-4-11(10)23-15(27)12-8-26-6-5-9(7-13(26)22-12)14-24-16(28-25-14)17(19,20)21/h1-8H,(H,23,27). The zero-order chi connectivity index (χ0) is 19.9. The number of carbonyl (C=O) groups excluding carboxylic acids is 1. The van der Waals surface area contributed by atoms with Crippen molar-refractivity contribution in [2.24, 2.45) is 0 Å². The van der Waals surface area contributed by atoms with Crippen LogP contribution in [-0.2, 0) is 6.18 Å². The minimum absolute atomic E-state index is 0.00303. The summed E-state index contributed by atoms with van der Waals surface area (Å²) in [5, 5.41) is 5.70. The summed E-state index contributed by atoms with van der Waals surface area (Å²) in [6.45, 7) is 0. The Morgan fingerprint density at radius 3 is 2.64 bits per heavy atom. The van der Waals surface area contributed by atoms with Crippen molar-refractivity contribution in [2.45, 2.75) is 6.18 Å². The van der Waals surface area contributed by atoms with Gasteiger partial charge < -0.3 is 14.2 Å². The van der Waals surface area contributed by atoms with Crippen LogP contribution in [0.25, 0.3) is 17.0 Å². The van der Waals surface area contributed by atoms with Crippen molar-refractivity contribution in [2.75, 3.05) is 5.32 Å². The van der Waals surface area contributed by atoms with Crippen LogP contribution in [0.1, 0.15) is 16.4 Å². The third-order valence-electron chi connectivity index (χ3n) is 3.74. The first-order chi connectivity index (χ1) is 13.3.